The molecule has 0 spiro atoms. The predicted octanol–water partition coefficient (Wildman–Crippen LogP) is 3.06. The molecule has 0 atom stereocenters. The summed E-state index contributed by atoms with van der Waals surface area (Å²) in [6.07, 6.45) is -1.32. The number of hydrogen-bond acceptors (Lipinski definition) is 2. The molecule has 0 saturated carbocycles. The van der Waals surface area contributed by atoms with Crippen LogP contribution in [0.15, 0.2) is 31.0 Å². The number of nitrogens with zero attached hydrogens (tertiary/aromatic N) is 1. The Labute approximate surface area is 85.4 Å². The van der Waals surface area contributed by atoms with Gasteiger partial charge in [-0.3, -0.25) is 0 Å². The van der Waals surface area contributed by atoms with E-state index >= 15 is 0 Å². The Morgan fingerprint density at radius 2 is 2.13 bits per heavy atom. The minimum atomic E-state index is -4.35. The molecular weight excluding hydrogens is 207 g/mol. The van der Waals surface area contributed by atoms with Crippen LogP contribution in [0.5, 0.6) is 5.88 Å². The minimum absolute atomic E-state index is 0.185. The average Bonchev–Trinajstić information content (AvgIpc) is 2.18. The summed E-state index contributed by atoms with van der Waals surface area (Å²) in [6, 6.07) is 2.14. The van der Waals surface area contributed by atoms with E-state index < -0.39 is 11.7 Å². The number of halogens is 3. The molecule has 0 aliphatic carbocycles. The van der Waals surface area contributed by atoms with Crippen LogP contribution in [0.25, 0.3) is 0 Å². The van der Waals surface area contributed by atoms with Crippen molar-refractivity contribution >= 4 is 0 Å². The third kappa shape index (κ3) is 3.61. The van der Waals surface area contributed by atoms with Crippen LogP contribution in [0.3, 0.4) is 0 Å². The van der Waals surface area contributed by atoms with Crippen LogP contribution < -0.4 is 4.74 Å². The van der Waals surface area contributed by atoms with Crippen LogP contribution >= 0.6 is 0 Å². The predicted molar refractivity (Wildman–Crippen MR) is 49.5 cm³/mol. The first-order valence-electron chi connectivity index (χ1n) is 4.31. The van der Waals surface area contributed by atoms with E-state index in [1.807, 2.05) is 0 Å². The highest BCUT2D eigenvalue weighted by Gasteiger charge is 2.30. The van der Waals surface area contributed by atoms with Crippen LogP contribution in [-0.4, -0.2) is 11.6 Å². The van der Waals surface area contributed by atoms with Gasteiger partial charge >= 0.3 is 6.18 Å². The Balaban J connectivity index is 2.60. The summed E-state index contributed by atoms with van der Waals surface area (Å²) in [5, 5.41) is 0. The highest BCUT2D eigenvalue weighted by Crippen LogP contribution is 2.29. The van der Waals surface area contributed by atoms with Crippen molar-refractivity contribution in [3.05, 3.63) is 36.5 Å². The number of alkyl halides is 3. The molecule has 1 aromatic heterocycles. The summed E-state index contributed by atoms with van der Waals surface area (Å²) in [5.41, 5.74) is -0.779. The number of aromatic nitrogens is 1. The van der Waals surface area contributed by atoms with E-state index in [2.05, 4.69) is 11.6 Å². The molecule has 0 bridgehead atoms. The van der Waals surface area contributed by atoms with Gasteiger partial charge in [0.05, 0.1) is 12.2 Å². The van der Waals surface area contributed by atoms with Gasteiger partial charge in [0.15, 0.2) is 0 Å². The maximum Gasteiger partial charge on any atom is 0.417 e. The third-order valence-corrected chi connectivity index (χ3v) is 1.64. The fourth-order valence-electron chi connectivity index (χ4n) is 0.880. The van der Waals surface area contributed by atoms with E-state index in [9.17, 15) is 13.2 Å². The lowest BCUT2D eigenvalue weighted by atomic mass is 10.3. The van der Waals surface area contributed by atoms with E-state index in [1.165, 1.54) is 6.07 Å². The Kier molecular flexibility index (Phi) is 3.71. The van der Waals surface area contributed by atoms with Crippen LogP contribution in [0.2, 0.25) is 0 Å². The molecule has 5 heteroatoms. The van der Waals surface area contributed by atoms with Crippen LogP contribution in [0, 0.1) is 0 Å². The van der Waals surface area contributed by atoms with Gasteiger partial charge in [-0.05, 0) is 12.5 Å². The van der Waals surface area contributed by atoms with Crippen molar-refractivity contribution in [1.82, 2.24) is 4.98 Å². The highest BCUT2D eigenvalue weighted by atomic mass is 19.4. The monoisotopic (exact) mass is 217 g/mol. The van der Waals surface area contributed by atoms with Gasteiger partial charge in [-0.15, -0.1) is 6.58 Å². The van der Waals surface area contributed by atoms with Crippen LogP contribution in [-0.2, 0) is 6.18 Å². The third-order valence-electron chi connectivity index (χ3n) is 1.64. The normalized spacial score (nSPS) is 11.1. The summed E-state index contributed by atoms with van der Waals surface area (Å²) < 4.78 is 41.5. The van der Waals surface area contributed by atoms with Gasteiger partial charge in [0.1, 0.15) is 0 Å². The van der Waals surface area contributed by atoms with Gasteiger partial charge in [-0.1, -0.05) is 6.08 Å². The zero-order valence-electron chi connectivity index (χ0n) is 7.92. The van der Waals surface area contributed by atoms with Crippen LogP contribution in [0.4, 0.5) is 13.2 Å². The van der Waals surface area contributed by atoms with Gasteiger partial charge in [-0.2, -0.15) is 13.2 Å². The molecule has 2 nitrogen and oxygen atoms in total. The van der Waals surface area contributed by atoms with E-state index in [4.69, 9.17) is 4.74 Å². The van der Waals surface area contributed by atoms with Gasteiger partial charge in [0, 0.05) is 12.3 Å². The van der Waals surface area contributed by atoms with E-state index in [0.29, 0.717) is 13.0 Å². The number of rotatable bonds is 4. The summed E-state index contributed by atoms with van der Waals surface area (Å²) in [6.45, 7) is 3.85. The second kappa shape index (κ2) is 4.82. The molecule has 0 N–H and O–H groups in total. The average molecular weight is 217 g/mol. The van der Waals surface area contributed by atoms with Crippen molar-refractivity contribution in [1.29, 1.82) is 0 Å². The van der Waals surface area contributed by atoms with Crippen molar-refractivity contribution < 1.29 is 17.9 Å². The topological polar surface area (TPSA) is 22.1 Å². The maximum atomic E-state index is 12.1. The maximum absolute atomic E-state index is 12.1. The standard InChI is InChI=1S/C10H10F3NO/c1-2-3-6-15-9-5-4-8(7-14-9)10(11,12)13/h2,4-5,7H,1,3,6H2. The first-order chi connectivity index (χ1) is 7.04. The smallest absolute Gasteiger partial charge is 0.417 e. The molecule has 0 aliphatic rings. The second-order valence-corrected chi connectivity index (χ2v) is 2.81. The molecule has 0 aliphatic heterocycles. The lowest BCUT2D eigenvalue weighted by Crippen LogP contribution is -2.06. The molecule has 0 saturated heterocycles. The molecule has 15 heavy (non-hydrogen) atoms. The zero-order chi connectivity index (χ0) is 11.3. The second-order valence-electron chi connectivity index (χ2n) is 2.81. The van der Waals surface area contributed by atoms with Crippen molar-refractivity contribution in [2.75, 3.05) is 6.61 Å². The largest absolute Gasteiger partial charge is 0.477 e. The first kappa shape index (κ1) is 11.6. The molecule has 0 radical (unpaired) electrons. The lowest BCUT2D eigenvalue weighted by molar-refractivity contribution is -0.137. The van der Waals surface area contributed by atoms with E-state index in [0.717, 1.165) is 12.3 Å². The summed E-state index contributed by atoms with van der Waals surface area (Å²) in [5.74, 6) is 0.185. The molecule has 0 unspecified atom stereocenters. The SMILES string of the molecule is C=CCCOc1ccc(C(F)(F)F)cn1. The van der Waals surface area contributed by atoms with Gasteiger partial charge in [-0.25, -0.2) is 4.98 Å². The highest BCUT2D eigenvalue weighted by molar-refractivity contribution is 5.20. The van der Waals surface area contributed by atoms with Gasteiger partial charge in [0.2, 0.25) is 5.88 Å². The Morgan fingerprint density at radius 1 is 1.40 bits per heavy atom. The molecule has 1 heterocycles. The lowest BCUT2D eigenvalue weighted by Gasteiger charge is -2.07. The zero-order valence-corrected chi connectivity index (χ0v) is 7.92. The first-order valence-corrected chi connectivity index (χ1v) is 4.31. The fraction of sp³-hybridized carbons (Fsp3) is 0.300. The molecule has 0 aromatic carbocycles. The van der Waals surface area contributed by atoms with Crippen molar-refractivity contribution in [2.24, 2.45) is 0 Å². The molecule has 0 amide bonds. The van der Waals surface area contributed by atoms with E-state index in [1.54, 1.807) is 6.08 Å². The Morgan fingerprint density at radius 3 is 2.60 bits per heavy atom. The summed E-state index contributed by atoms with van der Waals surface area (Å²) in [7, 11) is 0. The Hall–Kier alpha value is -1.52. The molecular formula is C10H10F3NO. The number of ether oxygens (including phenoxy) is 1. The quantitative estimate of drug-likeness (QED) is 0.571. The van der Waals surface area contributed by atoms with E-state index in [-0.39, 0.29) is 5.88 Å². The van der Waals surface area contributed by atoms with Crippen molar-refractivity contribution in [2.45, 2.75) is 12.6 Å². The van der Waals surface area contributed by atoms with Crippen molar-refractivity contribution in [3.63, 3.8) is 0 Å². The fourth-order valence-corrected chi connectivity index (χ4v) is 0.880. The molecule has 0 fully saturated rings. The number of hydrogen-bond donors (Lipinski definition) is 0. The molecule has 1 aromatic rings. The van der Waals surface area contributed by atoms with Crippen LogP contribution in [0.1, 0.15) is 12.0 Å². The molecule has 82 valence electrons. The van der Waals surface area contributed by atoms with Gasteiger partial charge in [0.25, 0.3) is 0 Å². The van der Waals surface area contributed by atoms with Crippen molar-refractivity contribution in [3.8, 4) is 5.88 Å². The molecule has 1 rings (SSSR count). The summed E-state index contributed by atoms with van der Waals surface area (Å²) >= 11 is 0. The number of pyridine rings is 1. The minimum Gasteiger partial charge on any atom is -0.477 e. The Bertz CT molecular complexity index is 318. The summed E-state index contributed by atoms with van der Waals surface area (Å²) in [4.78, 5) is 3.54. The van der Waals surface area contributed by atoms with Gasteiger partial charge < -0.3 is 4.74 Å².